The molecule has 0 saturated heterocycles. The summed E-state index contributed by atoms with van der Waals surface area (Å²) in [6, 6.07) is 1.42. The molecule has 1 aromatic rings. The van der Waals surface area contributed by atoms with E-state index in [1.807, 2.05) is 6.92 Å². The predicted molar refractivity (Wildman–Crippen MR) is 48.4 cm³/mol. The molecule has 2 amide bonds. The summed E-state index contributed by atoms with van der Waals surface area (Å²) in [5.74, 6) is 0. The van der Waals surface area contributed by atoms with Crippen LogP contribution in [0.5, 0.6) is 0 Å². The lowest BCUT2D eigenvalue weighted by atomic mass is 10.5. The van der Waals surface area contributed by atoms with E-state index in [-0.39, 0.29) is 6.03 Å². The zero-order valence-electron chi connectivity index (χ0n) is 7.24. The normalized spacial score (nSPS) is 10.2. The maximum absolute atomic E-state index is 10.8. The van der Waals surface area contributed by atoms with Gasteiger partial charge in [0.25, 0.3) is 0 Å². The number of amides is 2. The van der Waals surface area contributed by atoms with Crippen LogP contribution in [0.1, 0.15) is 12.6 Å². The van der Waals surface area contributed by atoms with Gasteiger partial charge in [0, 0.05) is 12.7 Å². The molecule has 0 unspecified atom stereocenters. The molecule has 1 heterocycles. The molecule has 6 nitrogen and oxygen atoms in total. The topological polar surface area (TPSA) is 82.2 Å². The molecule has 3 N–H and O–H groups in total. The van der Waals surface area contributed by atoms with E-state index in [1.54, 1.807) is 12.3 Å². The molecule has 0 aliphatic carbocycles. The third-order valence-electron chi connectivity index (χ3n) is 1.23. The molecule has 0 atom stereocenters. The SMILES string of the molecule is CCNC(=O)N/N=C/c1ccn[nH]1. The van der Waals surface area contributed by atoms with Gasteiger partial charge in [-0.15, -0.1) is 0 Å². The Hall–Kier alpha value is -1.85. The minimum absolute atomic E-state index is 0.321. The average Bonchev–Trinajstić information content (AvgIpc) is 2.57. The number of urea groups is 1. The van der Waals surface area contributed by atoms with Crippen LogP contribution in [0.2, 0.25) is 0 Å². The minimum atomic E-state index is -0.321. The first kappa shape index (κ1) is 9.24. The number of hydrogen-bond donors (Lipinski definition) is 3. The van der Waals surface area contributed by atoms with E-state index in [9.17, 15) is 4.79 Å². The van der Waals surface area contributed by atoms with Gasteiger partial charge < -0.3 is 5.32 Å². The van der Waals surface area contributed by atoms with Crippen LogP contribution in [0.15, 0.2) is 17.4 Å². The number of carbonyl (C=O) groups excluding carboxylic acids is 1. The number of carbonyl (C=O) groups is 1. The van der Waals surface area contributed by atoms with Gasteiger partial charge in [0.2, 0.25) is 0 Å². The summed E-state index contributed by atoms with van der Waals surface area (Å²) in [7, 11) is 0. The van der Waals surface area contributed by atoms with Gasteiger partial charge in [-0.2, -0.15) is 10.2 Å². The van der Waals surface area contributed by atoms with E-state index in [2.05, 4.69) is 26.0 Å². The second kappa shape index (κ2) is 4.91. The molecule has 0 radical (unpaired) electrons. The van der Waals surface area contributed by atoms with Gasteiger partial charge in [-0.25, -0.2) is 10.2 Å². The van der Waals surface area contributed by atoms with Crippen molar-refractivity contribution in [3.05, 3.63) is 18.0 Å². The number of nitrogens with one attached hydrogen (secondary N) is 3. The lowest BCUT2D eigenvalue weighted by Gasteiger charge is -1.97. The average molecular weight is 181 g/mol. The molecular weight excluding hydrogens is 170 g/mol. The van der Waals surface area contributed by atoms with Crippen LogP contribution in [0.4, 0.5) is 4.79 Å². The van der Waals surface area contributed by atoms with Crippen LogP contribution in [0.25, 0.3) is 0 Å². The largest absolute Gasteiger partial charge is 0.337 e. The summed E-state index contributed by atoms with van der Waals surface area (Å²) in [5.41, 5.74) is 3.03. The third-order valence-corrected chi connectivity index (χ3v) is 1.23. The van der Waals surface area contributed by atoms with Crippen LogP contribution in [0, 0.1) is 0 Å². The fourth-order valence-corrected chi connectivity index (χ4v) is 0.699. The molecule has 0 saturated carbocycles. The van der Waals surface area contributed by atoms with Crippen molar-refractivity contribution in [2.75, 3.05) is 6.54 Å². The standard InChI is InChI=1S/C7H11N5O/c1-2-8-7(13)12-10-5-6-3-4-9-11-6/h3-5H,2H2,1H3,(H,9,11)(H2,8,12,13)/b10-5+. The summed E-state index contributed by atoms with van der Waals surface area (Å²) < 4.78 is 0. The molecule has 6 heteroatoms. The third kappa shape index (κ3) is 3.37. The van der Waals surface area contributed by atoms with E-state index in [0.717, 1.165) is 5.69 Å². The number of H-pyrrole nitrogens is 1. The van der Waals surface area contributed by atoms with Gasteiger partial charge in [-0.3, -0.25) is 5.10 Å². The highest BCUT2D eigenvalue weighted by molar-refractivity contribution is 5.79. The summed E-state index contributed by atoms with van der Waals surface area (Å²) in [4.78, 5) is 10.8. The Bertz CT molecular complexity index is 279. The highest BCUT2D eigenvalue weighted by Crippen LogP contribution is 1.83. The number of aromatic amines is 1. The Kier molecular flexibility index (Phi) is 3.49. The quantitative estimate of drug-likeness (QED) is 0.455. The second-order valence-electron chi connectivity index (χ2n) is 2.24. The smallest absolute Gasteiger partial charge is 0.335 e. The summed E-state index contributed by atoms with van der Waals surface area (Å²) >= 11 is 0. The van der Waals surface area contributed by atoms with Crippen LogP contribution in [-0.2, 0) is 0 Å². The van der Waals surface area contributed by atoms with Crippen molar-refractivity contribution in [3.63, 3.8) is 0 Å². The van der Waals surface area contributed by atoms with Crippen molar-refractivity contribution in [2.24, 2.45) is 5.10 Å². The molecule has 0 fully saturated rings. The minimum Gasteiger partial charge on any atom is -0.337 e. The molecule has 13 heavy (non-hydrogen) atoms. The Morgan fingerprint density at radius 2 is 2.69 bits per heavy atom. The fourth-order valence-electron chi connectivity index (χ4n) is 0.699. The first-order valence-corrected chi connectivity index (χ1v) is 3.89. The summed E-state index contributed by atoms with van der Waals surface area (Å²) in [5, 5.41) is 12.6. The van der Waals surface area contributed by atoms with Crippen LogP contribution in [-0.4, -0.2) is 29.0 Å². The van der Waals surface area contributed by atoms with Gasteiger partial charge in [-0.05, 0) is 13.0 Å². The molecule has 0 aliphatic heterocycles. The zero-order valence-corrected chi connectivity index (χ0v) is 7.24. The highest BCUT2D eigenvalue weighted by atomic mass is 16.2. The van der Waals surface area contributed by atoms with E-state index >= 15 is 0 Å². The van der Waals surface area contributed by atoms with Gasteiger partial charge in [0.15, 0.2) is 0 Å². The molecule has 0 spiro atoms. The molecule has 1 rings (SSSR count). The Morgan fingerprint density at radius 3 is 3.31 bits per heavy atom. The predicted octanol–water partition coefficient (Wildman–Crippen LogP) is 0.0627. The number of nitrogens with zero attached hydrogens (tertiary/aromatic N) is 2. The van der Waals surface area contributed by atoms with Gasteiger partial charge in [0.1, 0.15) is 0 Å². The number of rotatable bonds is 3. The van der Waals surface area contributed by atoms with Crippen LogP contribution in [0.3, 0.4) is 0 Å². The van der Waals surface area contributed by atoms with Crippen molar-refractivity contribution in [3.8, 4) is 0 Å². The summed E-state index contributed by atoms with van der Waals surface area (Å²) in [6.07, 6.45) is 3.08. The van der Waals surface area contributed by atoms with Crippen molar-refractivity contribution in [1.29, 1.82) is 0 Å². The van der Waals surface area contributed by atoms with E-state index in [4.69, 9.17) is 0 Å². The van der Waals surface area contributed by atoms with Crippen molar-refractivity contribution >= 4 is 12.2 Å². The molecule has 0 aromatic carbocycles. The van der Waals surface area contributed by atoms with E-state index in [0.29, 0.717) is 6.54 Å². The molecule has 1 aromatic heterocycles. The van der Waals surface area contributed by atoms with Crippen LogP contribution < -0.4 is 10.7 Å². The highest BCUT2D eigenvalue weighted by Gasteiger charge is 1.92. The molecular formula is C7H11N5O. The first-order valence-electron chi connectivity index (χ1n) is 3.89. The van der Waals surface area contributed by atoms with Crippen molar-refractivity contribution in [2.45, 2.75) is 6.92 Å². The lowest BCUT2D eigenvalue weighted by molar-refractivity contribution is 0.242. The monoisotopic (exact) mass is 181 g/mol. The number of hydrazone groups is 1. The fraction of sp³-hybridized carbons (Fsp3) is 0.286. The van der Waals surface area contributed by atoms with E-state index in [1.165, 1.54) is 6.21 Å². The van der Waals surface area contributed by atoms with Gasteiger partial charge >= 0.3 is 6.03 Å². The number of aromatic nitrogens is 2. The maximum Gasteiger partial charge on any atom is 0.335 e. The Morgan fingerprint density at radius 1 is 1.85 bits per heavy atom. The number of hydrogen-bond acceptors (Lipinski definition) is 3. The molecule has 0 aliphatic rings. The van der Waals surface area contributed by atoms with Crippen LogP contribution >= 0.6 is 0 Å². The van der Waals surface area contributed by atoms with Gasteiger partial charge in [-0.1, -0.05) is 0 Å². The summed E-state index contributed by atoms with van der Waals surface area (Å²) in [6.45, 7) is 2.41. The zero-order chi connectivity index (χ0) is 9.52. The maximum atomic E-state index is 10.8. The van der Waals surface area contributed by atoms with Crippen molar-refractivity contribution in [1.82, 2.24) is 20.9 Å². The second-order valence-corrected chi connectivity index (χ2v) is 2.24. The lowest BCUT2D eigenvalue weighted by Crippen LogP contribution is -2.31. The van der Waals surface area contributed by atoms with Crippen molar-refractivity contribution < 1.29 is 4.79 Å². The van der Waals surface area contributed by atoms with Gasteiger partial charge in [0.05, 0.1) is 11.9 Å². The first-order chi connectivity index (χ1) is 6.33. The Labute approximate surface area is 75.4 Å². The van der Waals surface area contributed by atoms with E-state index < -0.39 is 0 Å². The molecule has 0 bridgehead atoms. The molecule has 70 valence electrons. The Balaban J connectivity index is 2.30.